The number of amides is 2. The first-order valence-electron chi connectivity index (χ1n) is 9.20. The Morgan fingerprint density at radius 3 is 2.45 bits per heavy atom. The van der Waals surface area contributed by atoms with Gasteiger partial charge in [0.25, 0.3) is 5.91 Å². The summed E-state index contributed by atoms with van der Waals surface area (Å²) in [6.45, 7) is 1.14. The summed E-state index contributed by atoms with van der Waals surface area (Å²) >= 11 is 0. The second-order valence-corrected chi connectivity index (χ2v) is 6.39. The molecule has 166 valence electrons. The SMILES string of the molecule is CCOc1cc(C=O)ccc1OCC(=O)N(C)CC(=O)Nc1ccccc1C(F)(F)F. The molecule has 10 heteroatoms. The number of alkyl halides is 3. The first-order chi connectivity index (χ1) is 14.7. The topological polar surface area (TPSA) is 84.9 Å². The molecule has 2 amide bonds. The number of carbonyl (C=O) groups is 3. The van der Waals surface area contributed by atoms with Crippen LogP contribution in [-0.4, -0.2) is 49.8 Å². The van der Waals surface area contributed by atoms with Gasteiger partial charge in [0.15, 0.2) is 18.1 Å². The molecular formula is C21H21F3N2O5. The summed E-state index contributed by atoms with van der Waals surface area (Å²) in [4.78, 5) is 36.3. The molecule has 0 heterocycles. The fourth-order valence-corrected chi connectivity index (χ4v) is 2.57. The molecule has 0 saturated heterocycles. The Morgan fingerprint density at radius 1 is 1.10 bits per heavy atom. The van der Waals surface area contributed by atoms with E-state index in [0.717, 1.165) is 17.0 Å². The highest BCUT2D eigenvalue weighted by Gasteiger charge is 2.33. The number of carbonyl (C=O) groups excluding carboxylic acids is 3. The summed E-state index contributed by atoms with van der Waals surface area (Å²) in [6.07, 6.45) is -3.99. The Kier molecular flexibility index (Phi) is 8.00. The Hall–Kier alpha value is -3.56. The number of aldehydes is 1. The number of hydrogen-bond donors (Lipinski definition) is 1. The molecule has 0 aliphatic carbocycles. The van der Waals surface area contributed by atoms with Crippen molar-refractivity contribution < 1.29 is 37.0 Å². The van der Waals surface area contributed by atoms with Crippen LogP contribution in [0.25, 0.3) is 0 Å². The molecule has 0 spiro atoms. The predicted molar refractivity (Wildman–Crippen MR) is 106 cm³/mol. The zero-order valence-corrected chi connectivity index (χ0v) is 16.9. The number of likely N-dealkylation sites (N-methyl/N-ethyl adjacent to an activating group) is 1. The zero-order chi connectivity index (χ0) is 23.0. The van der Waals surface area contributed by atoms with E-state index in [-0.39, 0.29) is 11.5 Å². The van der Waals surface area contributed by atoms with E-state index in [0.29, 0.717) is 18.5 Å². The van der Waals surface area contributed by atoms with Crippen molar-refractivity contribution in [3.63, 3.8) is 0 Å². The lowest BCUT2D eigenvalue weighted by atomic mass is 10.1. The first-order valence-corrected chi connectivity index (χ1v) is 9.20. The first kappa shape index (κ1) is 23.7. The van der Waals surface area contributed by atoms with Crippen LogP contribution in [0.4, 0.5) is 18.9 Å². The molecule has 31 heavy (non-hydrogen) atoms. The largest absolute Gasteiger partial charge is 0.490 e. The third-order valence-corrected chi connectivity index (χ3v) is 4.07. The van der Waals surface area contributed by atoms with Gasteiger partial charge < -0.3 is 19.7 Å². The third-order valence-electron chi connectivity index (χ3n) is 4.07. The molecule has 7 nitrogen and oxygen atoms in total. The highest BCUT2D eigenvalue weighted by Crippen LogP contribution is 2.34. The van der Waals surface area contributed by atoms with Gasteiger partial charge in [-0.1, -0.05) is 12.1 Å². The fraction of sp³-hybridized carbons (Fsp3) is 0.286. The van der Waals surface area contributed by atoms with Gasteiger partial charge in [-0.05, 0) is 37.3 Å². The number of benzene rings is 2. The number of nitrogens with zero attached hydrogens (tertiary/aromatic N) is 1. The van der Waals surface area contributed by atoms with Gasteiger partial charge in [0.1, 0.15) is 6.29 Å². The van der Waals surface area contributed by atoms with Crippen molar-refractivity contribution in [3.05, 3.63) is 53.6 Å². The summed E-state index contributed by atoms with van der Waals surface area (Å²) in [5, 5.41) is 2.17. The number of anilines is 1. The number of rotatable bonds is 9. The number of para-hydroxylation sites is 1. The lowest BCUT2D eigenvalue weighted by Gasteiger charge is -2.19. The van der Waals surface area contributed by atoms with E-state index < -0.39 is 42.4 Å². The average molecular weight is 438 g/mol. The summed E-state index contributed by atoms with van der Waals surface area (Å²) < 4.78 is 49.9. The Balaban J connectivity index is 1.96. The minimum atomic E-state index is -4.63. The van der Waals surface area contributed by atoms with Crippen LogP contribution in [0.5, 0.6) is 11.5 Å². The summed E-state index contributed by atoms with van der Waals surface area (Å²) in [5.74, 6) is -0.860. The molecule has 2 aromatic carbocycles. The molecular weight excluding hydrogens is 417 g/mol. The van der Waals surface area contributed by atoms with Crippen LogP contribution in [0.1, 0.15) is 22.8 Å². The highest BCUT2D eigenvalue weighted by atomic mass is 19.4. The maximum Gasteiger partial charge on any atom is 0.418 e. The van der Waals surface area contributed by atoms with E-state index in [1.54, 1.807) is 6.92 Å². The number of nitrogens with one attached hydrogen (secondary N) is 1. The van der Waals surface area contributed by atoms with Crippen molar-refractivity contribution in [1.29, 1.82) is 0 Å². The smallest absolute Gasteiger partial charge is 0.418 e. The average Bonchev–Trinajstić information content (AvgIpc) is 2.72. The van der Waals surface area contributed by atoms with Crippen LogP contribution in [0.15, 0.2) is 42.5 Å². The fourth-order valence-electron chi connectivity index (χ4n) is 2.57. The van der Waals surface area contributed by atoms with Crippen molar-refractivity contribution in [2.75, 3.05) is 32.1 Å². The van der Waals surface area contributed by atoms with Crippen LogP contribution in [-0.2, 0) is 15.8 Å². The van der Waals surface area contributed by atoms with E-state index in [1.165, 1.54) is 37.4 Å². The molecule has 0 unspecified atom stereocenters. The summed E-state index contributed by atoms with van der Waals surface area (Å²) in [7, 11) is 1.32. The van der Waals surface area contributed by atoms with Gasteiger partial charge in [-0.3, -0.25) is 14.4 Å². The van der Waals surface area contributed by atoms with E-state index in [9.17, 15) is 27.6 Å². The van der Waals surface area contributed by atoms with Gasteiger partial charge >= 0.3 is 6.18 Å². The van der Waals surface area contributed by atoms with Crippen molar-refractivity contribution >= 4 is 23.8 Å². The molecule has 2 rings (SSSR count). The van der Waals surface area contributed by atoms with Gasteiger partial charge in [0, 0.05) is 12.6 Å². The molecule has 0 aromatic heterocycles. The number of hydrogen-bond acceptors (Lipinski definition) is 5. The third kappa shape index (κ3) is 6.73. The number of ether oxygens (including phenoxy) is 2. The van der Waals surface area contributed by atoms with Gasteiger partial charge in [-0.2, -0.15) is 13.2 Å². The molecule has 0 saturated carbocycles. The van der Waals surface area contributed by atoms with Crippen LogP contribution in [0, 0.1) is 0 Å². The van der Waals surface area contributed by atoms with E-state index in [1.807, 2.05) is 0 Å². The minimum absolute atomic E-state index is 0.234. The van der Waals surface area contributed by atoms with Crippen LogP contribution in [0.2, 0.25) is 0 Å². The molecule has 1 N–H and O–H groups in total. The summed E-state index contributed by atoms with van der Waals surface area (Å²) in [6, 6.07) is 8.98. The van der Waals surface area contributed by atoms with E-state index >= 15 is 0 Å². The lowest BCUT2D eigenvalue weighted by molar-refractivity contribution is -0.137. The van der Waals surface area contributed by atoms with Crippen molar-refractivity contribution in [3.8, 4) is 11.5 Å². The van der Waals surface area contributed by atoms with Gasteiger partial charge in [-0.25, -0.2) is 0 Å². The second-order valence-electron chi connectivity index (χ2n) is 6.39. The second kappa shape index (κ2) is 10.5. The monoisotopic (exact) mass is 438 g/mol. The highest BCUT2D eigenvalue weighted by molar-refractivity contribution is 5.95. The van der Waals surface area contributed by atoms with Gasteiger partial charge in [0.2, 0.25) is 5.91 Å². The standard InChI is InChI=1S/C21H21F3N2O5/c1-3-30-18-10-14(12-27)8-9-17(18)31-13-20(29)26(2)11-19(28)25-16-7-5-4-6-15(16)21(22,23)24/h4-10,12H,3,11,13H2,1-2H3,(H,25,28). The Labute approximate surface area is 176 Å². The molecule has 0 radical (unpaired) electrons. The van der Waals surface area contributed by atoms with Gasteiger partial charge in [0.05, 0.1) is 24.4 Å². The minimum Gasteiger partial charge on any atom is -0.490 e. The van der Waals surface area contributed by atoms with Crippen LogP contribution < -0.4 is 14.8 Å². The van der Waals surface area contributed by atoms with Crippen molar-refractivity contribution in [2.45, 2.75) is 13.1 Å². The molecule has 0 aliphatic heterocycles. The normalized spacial score (nSPS) is 10.9. The summed E-state index contributed by atoms with van der Waals surface area (Å²) in [5.41, 5.74) is -1.01. The molecule has 0 fully saturated rings. The van der Waals surface area contributed by atoms with Crippen LogP contribution in [0.3, 0.4) is 0 Å². The molecule has 0 aliphatic rings. The Morgan fingerprint density at radius 2 is 1.81 bits per heavy atom. The maximum atomic E-state index is 13.0. The zero-order valence-electron chi connectivity index (χ0n) is 16.9. The van der Waals surface area contributed by atoms with Crippen molar-refractivity contribution in [1.82, 2.24) is 4.90 Å². The van der Waals surface area contributed by atoms with E-state index in [2.05, 4.69) is 5.32 Å². The molecule has 0 atom stereocenters. The molecule has 2 aromatic rings. The van der Waals surface area contributed by atoms with Gasteiger partial charge in [-0.15, -0.1) is 0 Å². The van der Waals surface area contributed by atoms with Crippen molar-refractivity contribution in [2.24, 2.45) is 0 Å². The quantitative estimate of drug-likeness (QED) is 0.607. The van der Waals surface area contributed by atoms with E-state index in [4.69, 9.17) is 9.47 Å². The predicted octanol–water partition coefficient (Wildman–Crippen LogP) is 3.39. The number of halogens is 3. The van der Waals surface area contributed by atoms with Crippen LogP contribution >= 0.6 is 0 Å². The Bertz CT molecular complexity index is 947. The maximum absolute atomic E-state index is 13.0. The lowest BCUT2D eigenvalue weighted by Crippen LogP contribution is -2.37. The molecule has 0 bridgehead atoms.